The van der Waals surface area contributed by atoms with Crippen molar-refractivity contribution in [3.63, 3.8) is 0 Å². The molecule has 0 aliphatic carbocycles. The first-order chi connectivity index (χ1) is 11.9. The van der Waals surface area contributed by atoms with Crippen LogP contribution in [-0.4, -0.2) is 12.9 Å². The minimum Gasteiger partial charge on any atom is -0.340 e. The molecule has 0 heterocycles. The smallest absolute Gasteiger partial charge is 0.132 e. The van der Waals surface area contributed by atoms with Crippen LogP contribution in [0.25, 0.3) is 11.8 Å². The average Bonchev–Trinajstić information content (AvgIpc) is 2.67. The Morgan fingerprint density at radius 2 is 1.21 bits per heavy atom. The topological polar surface area (TPSA) is 24.4 Å². The van der Waals surface area contributed by atoms with Gasteiger partial charge in [0, 0.05) is 18.3 Å². The lowest BCUT2D eigenvalue weighted by Gasteiger charge is -2.14. The summed E-state index contributed by atoms with van der Waals surface area (Å²) in [6.07, 6.45) is 2.14. The van der Waals surface area contributed by atoms with Crippen molar-refractivity contribution in [3.05, 3.63) is 108 Å². The summed E-state index contributed by atoms with van der Waals surface area (Å²) in [6, 6.07) is 30.8. The van der Waals surface area contributed by atoms with Gasteiger partial charge in [-0.05, 0) is 17.2 Å². The lowest BCUT2D eigenvalue weighted by molar-refractivity contribution is 1.24. The fraction of sp³-hybridized carbons (Fsp3) is 0.0455. The molecule has 24 heavy (non-hydrogen) atoms. The zero-order chi connectivity index (χ0) is 16.6. The molecule has 0 aliphatic heterocycles. The lowest BCUT2D eigenvalue weighted by Crippen LogP contribution is -2.23. The first-order valence-corrected chi connectivity index (χ1v) is 7.98. The van der Waals surface area contributed by atoms with Crippen LogP contribution >= 0.6 is 0 Å². The van der Waals surface area contributed by atoms with E-state index in [1.54, 1.807) is 7.05 Å². The lowest BCUT2D eigenvalue weighted by atomic mass is 10.1. The van der Waals surface area contributed by atoms with Crippen molar-refractivity contribution in [1.82, 2.24) is 5.32 Å². The predicted octanol–water partition coefficient (Wildman–Crippen LogP) is 4.85. The van der Waals surface area contributed by atoms with E-state index in [4.69, 9.17) is 0 Å². The monoisotopic (exact) mass is 312 g/mol. The molecular weight excluding hydrogens is 292 g/mol. The van der Waals surface area contributed by atoms with E-state index < -0.39 is 0 Å². The molecule has 0 aromatic heterocycles. The zero-order valence-corrected chi connectivity index (χ0v) is 13.7. The maximum atomic E-state index is 4.43. The number of hydrogen-bond donors (Lipinski definition) is 1. The van der Waals surface area contributed by atoms with Gasteiger partial charge in [-0.1, -0.05) is 91.0 Å². The second-order valence-electron chi connectivity index (χ2n) is 5.40. The second kappa shape index (κ2) is 7.93. The Hall–Kier alpha value is -3.13. The highest BCUT2D eigenvalue weighted by Crippen LogP contribution is 2.16. The van der Waals surface area contributed by atoms with Crippen molar-refractivity contribution in [2.24, 2.45) is 4.99 Å². The zero-order valence-electron chi connectivity index (χ0n) is 13.7. The third kappa shape index (κ3) is 3.99. The summed E-state index contributed by atoms with van der Waals surface area (Å²) >= 11 is 0. The van der Waals surface area contributed by atoms with Crippen molar-refractivity contribution in [2.45, 2.75) is 0 Å². The largest absolute Gasteiger partial charge is 0.340 e. The number of nitrogens with zero attached hydrogens (tertiary/aromatic N) is 1. The summed E-state index contributed by atoms with van der Waals surface area (Å²) in [5.41, 5.74) is 4.35. The molecule has 3 rings (SSSR count). The van der Waals surface area contributed by atoms with E-state index in [2.05, 4.69) is 52.8 Å². The van der Waals surface area contributed by atoms with E-state index in [0.29, 0.717) is 0 Å². The van der Waals surface area contributed by atoms with E-state index in [9.17, 15) is 0 Å². The summed E-state index contributed by atoms with van der Waals surface area (Å²) < 4.78 is 0. The van der Waals surface area contributed by atoms with Gasteiger partial charge in [-0.25, -0.2) is 0 Å². The van der Waals surface area contributed by atoms with Gasteiger partial charge in [0.05, 0.1) is 0 Å². The molecule has 0 radical (unpaired) electrons. The molecule has 3 aromatic carbocycles. The predicted molar refractivity (Wildman–Crippen MR) is 103 cm³/mol. The summed E-state index contributed by atoms with van der Waals surface area (Å²) in [5, 5.41) is 3.50. The van der Waals surface area contributed by atoms with Crippen LogP contribution in [0.1, 0.15) is 16.7 Å². The maximum Gasteiger partial charge on any atom is 0.132 e. The van der Waals surface area contributed by atoms with E-state index in [1.807, 2.05) is 54.6 Å². The van der Waals surface area contributed by atoms with Gasteiger partial charge in [0.2, 0.25) is 0 Å². The third-order valence-electron chi connectivity index (χ3n) is 3.72. The molecule has 1 N–H and O–H groups in total. The van der Waals surface area contributed by atoms with Crippen LogP contribution in [0.4, 0.5) is 0 Å². The summed E-state index contributed by atoms with van der Waals surface area (Å²) in [7, 11) is 1.81. The fourth-order valence-electron chi connectivity index (χ4n) is 2.51. The quantitative estimate of drug-likeness (QED) is 0.415. The molecule has 0 spiro atoms. The molecule has 0 atom stereocenters. The van der Waals surface area contributed by atoms with E-state index >= 15 is 0 Å². The van der Waals surface area contributed by atoms with Crippen molar-refractivity contribution < 1.29 is 0 Å². The third-order valence-corrected chi connectivity index (χ3v) is 3.72. The summed E-state index contributed by atoms with van der Waals surface area (Å²) in [4.78, 5) is 4.43. The Morgan fingerprint density at radius 1 is 0.708 bits per heavy atom. The number of amidine groups is 1. The highest BCUT2D eigenvalue weighted by Gasteiger charge is 2.07. The van der Waals surface area contributed by atoms with Crippen LogP contribution in [0.2, 0.25) is 0 Å². The number of rotatable bonds is 4. The Bertz CT molecular complexity index is 820. The van der Waals surface area contributed by atoms with E-state index in [-0.39, 0.29) is 0 Å². The van der Waals surface area contributed by atoms with Crippen LogP contribution in [0.3, 0.4) is 0 Å². The standard InChI is InChI=1S/C22H20N2/c1-23-22(20-15-9-4-10-16-20)24-21(19-13-7-3-8-14-19)17-18-11-5-2-6-12-18/h2-17H,1H3,(H,23,24)/b21-17+. The normalized spacial score (nSPS) is 12.0. The first-order valence-electron chi connectivity index (χ1n) is 7.98. The second-order valence-corrected chi connectivity index (χ2v) is 5.40. The highest BCUT2D eigenvalue weighted by atomic mass is 15.0. The molecule has 0 unspecified atom stereocenters. The Labute approximate surface area is 143 Å². The highest BCUT2D eigenvalue weighted by molar-refractivity contribution is 6.05. The van der Waals surface area contributed by atoms with E-state index in [1.165, 1.54) is 0 Å². The first kappa shape index (κ1) is 15.8. The van der Waals surface area contributed by atoms with Crippen molar-refractivity contribution >= 4 is 17.6 Å². The van der Waals surface area contributed by atoms with Gasteiger partial charge < -0.3 is 5.32 Å². The molecule has 3 aromatic rings. The molecular formula is C22H20N2. The van der Waals surface area contributed by atoms with Gasteiger partial charge in [0.25, 0.3) is 0 Å². The van der Waals surface area contributed by atoms with E-state index in [0.717, 1.165) is 28.2 Å². The Morgan fingerprint density at radius 3 is 1.75 bits per heavy atom. The number of nitrogens with one attached hydrogen (secondary N) is 1. The number of hydrogen-bond acceptors (Lipinski definition) is 1. The van der Waals surface area contributed by atoms with Crippen molar-refractivity contribution in [3.8, 4) is 0 Å². The van der Waals surface area contributed by atoms with Crippen LogP contribution < -0.4 is 5.32 Å². The van der Waals surface area contributed by atoms with Gasteiger partial charge in [-0.15, -0.1) is 0 Å². The minimum atomic E-state index is 0.849. The van der Waals surface area contributed by atoms with Gasteiger partial charge in [-0.3, -0.25) is 4.99 Å². The van der Waals surface area contributed by atoms with Crippen LogP contribution in [-0.2, 0) is 0 Å². The van der Waals surface area contributed by atoms with Crippen LogP contribution in [0.15, 0.2) is 96.0 Å². The minimum absolute atomic E-state index is 0.849. The summed E-state index contributed by atoms with van der Waals surface area (Å²) in [6.45, 7) is 0. The van der Waals surface area contributed by atoms with Crippen LogP contribution in [0, 0.1) is 0 Å². The number of aliphatic imine (C=N–C) groups is 1. The molecule has 0 fully saturated rings. The Balaban J connectivity index is 1.98. The van der Waals surface area contributed by atoms with Crippen molar-refractivity contribution in [1.29, 1.82) is 0 Å². The molecule has 2 heteroatoms. The molecule has 0 bridgehead atoms. The molecule has 118 valence electrons. The van der Waals surface area contributed by atoms with Crippen LogP contribution in [0.5, 0.6) is 0 Å². The molecule has 0 saturated heterocycles. The van der Waals surface area contributed by atoms with Gasteiger partial charge in [-0.2, -0.15) is 0 Å². The molecule has 0 aliphatic rings. The molecule has 0 saturated carbocycles. The van der Waals surface area contributed by atoms with Gasteiger partial charge in [0.1, 0.15) is 5.84 Å². The average molecular weight is 312 g/mol. The van der Waals surface area contributed by atoms with Gasteiger partial charge >= 0.3 is 0 Å². The van der Waals surface area contributed by atoms with Gasteiger partial charge in [0.15, 0.2) is 0 Å². The molecule has 2 nitrogen and oxygen atoms in total. The maximum absolute atomic E-state index is 4.43. The SMILES string of the molecule is CN=C(N/C(=C/c1ccccc1)c1ccccc1)c1ccccc1. The van der Waals surface area contributed by atoms with Crippen molar-refractivity contribution in [2.75, 3.05) is 7.05 Å². The summed E-state index contributed by atoms with van der Waals surface area (Å²) in [5.74, 6) is 0.849. The Kier molecular flexibility index (Phi) is 5.21. The number of benzene rings is 3. The molecule has 0 amide bonds. The fourth-order valence-corrected chi connectivity index (χ4v) is 2.51.